The third-order valence-electron chi connectivity index (χ3n) is 3.35. The monoisotopic (exact) mass is 254 g/mol. The Morgan fingerprint density at radius 2 is 2.53 bits per heavy atom. The Bertz CT molecular complexity index is 393. The Kier molecular flexibility index (Phi) is 3.51. The van der Waals surface area contributed by atoms with E-state index >= 15 is 0 Å². The topological polar surface area (TPSA) is 64.3 Å². The molecular formula is C12H18N2O2S. The minimum Gasteiger partial charge on any atom is -0.379 e. The van der Waals surface area contributed by atoms with Crippen molar-refractivity contribution in [2.45, 2.75) is 25.9 Å². The number of rotatable bonds is 3. The summed E-state index contributed by atoms with van der Waals surface area (Å²) < 4.78 is 5.28. The highest BCUT2D eigenvalue weighted by Crippen LogP contribution is 2.28. The van der Waals surface area contributed by atoms with E-state index in [2.05, 4.69) is 5.32 Å². The van der Waals surface area contributed by atoms with Gasteiger partial charge in [0.2, 0.25) is 5.91 Å². The fourth-order valence-corrected chi connectivity index (χ4v) is 2.63. The van der Waals surface area contributed by atoms with Crippen molar-refractivity contribution in [3.05, 3.63) is 22.4 Å². The van der Waals surface area contributed by atoms with E-state index in [-0.39, 0.29) is 18.0 Å². The highest BCUT2D eigenvalue weighted by Gasteiger charge is 2.44. The molecule has 5 heteroatoms. The Balaban J connectivity index is 2.02. The van der Waals surface area contributed by atoms with Crippen LogP contribution in [0.3, 0.4) is 0 Å². The second kappa shape index (κ2) is 4.76. The van der Waals surface area contributed by atoms with E-state index < -0.39 is 5.41 Å². The van der Waals surface area contributed by atoms with E-state index in [0.717, 1.165) is 4.88 Å². The van der Waals surface area contributed by atoms with E-state index in [1.165, 1.54) is 0 Å². The molecule has 1 fully saturated rings. The Morgan fingerprint density at radius 1 is 1.76 bits per heavy atom. The van der Waals surface area contributed by atoms with Crippen LogP contribution in [-0.2, 0) is 9.53 Å². The van der Waals surface area contributed by atoms with E-state index in [4.69, 9.17) is 10.5 Å². The Labute approximate surface area is 105 Å². The number of amides is 1. The van der Waals surface area contributed by atoms with E-state index in [0.29, 0.717) is 13.2 Å². The largest absolute Gasteiger partial charge is 0.379 e. The molecule has 0 aromatic carbocycles. The molecule has 1 amide bonds. The molecule has 1 saturated heterocycles. The highest BCUT2D eigenvalue weighted by molar-refractivity contribution is 7.10. The first-order valence-corrected chi connectivity index (χ1v) is 6.59. The van der Waals surface area contributed by atoms with Crippen LogP contribution in [0.2, 0.25) is 0 Å². The number of hydrogen-bond donors (Lipinski definition) is 2. The van der Waals surface area contributed by atoms with Crippen LogP contribution >= 0.6 is 11.3 Å². The molecule has 0 saturated carbocycles. The van der Waals surface area contributed by atoms with Gasteiger partial charge in [-0.2, -0.15) is 0 Å². The van der Waals surface area contributed by atoms with Crippen molar-refractivity contribution >= 4 is 17.2 Å². The number of nitrogens with one attached hydrogen (secondary N) is 1. The van der Waals surface area contributed by atoms with Crippen LogP contribution < -0.4 is 11.1 Å². The maximum Gasteiger partial charge on any atom is 0.230 e. The van der Waals surface area contributed by atoms with Gasteiger partial charge in [-0.25, -0.2) is 0 Å². The molecule has 94 valence electrons. The fourth-order valence-electron chi connectivity index (χ4n) is 1.89. The fraction of sp³-hybridized carbons (Fsp3) is 0.583. The molecule has 0 radical (unpaired) electrons. The second-order valence-electron chi connectivity index (χ2n) is 4.75. The van der Waals surface area contributed by atoms with Crippen molar-refractivity contribution in [3.8, 4) is 0 Å². The van der Waals surface area contributed by atoms with Crippen LogP contribution in [0.5, 0.6) is 0 Å². The zero-order valence-corrected chi connectivity index (χ0v) is 10.9. The number of ether oxygens (including phenoxy) is 1. The molecule has 1 aromatic heterocycles. The molecular weight excluding hydrogens is 236 g/mol. The van der Waals surface area contributed by atoms with Crippen molar-refractivity contribution in [1.82, 2.24) is 5.32 Å². The Morgan fingerprint density at radius 3 is 3.06 bits per heavy atom. The van der Waals surface area contributed by atoms with Gasteiger partial charge < -0.3 is 15.8 Å². The van der Waals surface area contributed by atoms with Gasteiger partial charge in [0, 0.05) is 10.9 Å². The molecule has 4 nitrogen and oxygen atoms in total. The highest BCUT2D eigenvalue weighted by atomic mass is 32.1. The number of thiophene rings is 1. The summed E-state index contributed by atoms with van der Waals surface area (Å²) in [5.74, 6) is -0.0246. The molecule has 3 N–H and O–H groups in total. The SMILES string of the molecule is C[C@@H](NC(=O)C1(C)COCC1N)c1cccs1. The number of nitrogens with two attached hydrogens (primary N) is 1. The van der Waals surface area contributed by atoms with Gasteiger partial charge in [-0.1, -0.05) is 6.07 Å². The summed E-state index contributed by atoms with van der Waals surface area (Å²) in [6, 6.07) is 3.79. The van der Waals surface area contributed by atoms with Crippen LogP contribution in [0.25, 0.3) is 0 Å². The zero-order valence-electron chi connectivity index (χ0n) is 10.1. The minimum atomic E-state index is -0.606. The van der Waals surface area contributed by atoms with Crippen molar-refractivity contribution in [2.75, 3.05) is 13.2 Å². The normalized spacial score (nSPS) is 30.2. The predicted octanol–water partition coefficient (Wildman–Crippen LogP) is 1.29. The quantitative estimate of drug-likeness (QED) is 0.854. The summed E-state index contributed by atoms with van der Waals surface area (Å²) in [7, 11) is 0. The van der Waals surface area contributed by atoms with Gasteiger partial charge >= 0.3 is 0 Å². The predicted molar refractivity (Wildman–Crippen MR) is 67.8 cm³/mol. The molecule has 2 heterocycles. The lowest BCUT2D eigenvalue weighted by atomic mass is 9.84. The van der Waals surface area contributed by atoms with Gasteiger partial charge in [0.1, 0.15) is 0 Å². The summed E-state index contributed by atoms with van der Waals surface area (Å²) in [5, 5.41) is 5.01. The van der Waals surface area contributed by atoms with Gasteiger partial charge in [-0.3, -0.25) is 4.79 Å². The first-order chi connectivity index (χ1) is 8.04. The summed E-state index contributed by atoms with van der Waals surface area (Å²) in [6.45, 7) is 4.70. The summed E-state index contributed by atoms with van der Waals surface area (Å²) in [5.41, 5.74) is 5.32. The van der Waals surface area contributed by atoms with Crippen LogP contribution in [0.1, 0.15) is 24.8 Å². The molecule has 1 aromatic rings. The molecule has 0 bridgehead atoms. The first-order valence-electron chi connectivity index (χ1n) is 5.72. The minimum absolute atomic E-state index is 0.0205. The van der Waals surface area contributed by atoms with Crippen LogP contribution in [0, 0.1) is 5.41 Å². The maximum atomic E-state index is 12.2. The number of carbonyl (C=O) groups is 1. The molecule has 2 rings (SSSR count). The Hall–Kier alpha value is -0.910. The van der Waals surface area contributed by atoms with Crippen LogP contribution in [0.15, 0.2) is 17.5 Å². The van der Waals surface area contributed by atoms with Crippen molar-refractivity contribution in [2.24, 2.45) is 11.1 Å². The van der Waals surface area contributed by atoms with Crippen LogP contribution in [0.4, 0.5) is 0 Å². The molecule has 1 aliphatic heterocycles. The standard InChI is InChI=1S/C12H18N2O2S/c1-8(9-4-3-5-17-9)14-11(15)12(2)7-16-6-10(12)13/h3-5,8,10H,6-7,13H2,1-2H3,(H,14,15)/t8-,10?,12?/m1/s1. The second-order valence-corrected chi connectivity index (χ2v) is 5.73. The third kappa shape index (κ3) is 2.36. The van der Waals surface area contributed by atoms with Crippen LogP contribution in [-0.4, -0.2) is 25.2 Å². The summed E-state index contributed by atoms with van der Waals surface area (Å²) >= 11 is 1.64. The van der Waals surface area contributed by atoms with Gasteiger partial charge in [0.25, 0.3) is 0 Å². The molecule has 17 heavy (non-hydrogen) atoms. The number of carbonyl (C=O) groups excluding carboxylic acids is 1. The number of hydrogen-bond acceptors (Lipinski definition) is 4. The first kappa shape index (κ1) is 12.5. The van der Waals surface area contributed by atoms with Gasteiger partial charge in [-0.15, -0.1) is 11.3 Å². The van der Waals surface area contributed by atoms with Crippen molar-refractivity contribution in [3.63, 3.8) is 0 Å². The molecule has 1 aliphatic rings. The molecule has 2 unspecified atom stereocenters. The van der Waals surface area contributed by atoms with Gasteiger partial charge in [-0.05, 0) is 25.3 Å². The van der Waals surface area contributed by atoms with E-state index in [1.54, 1.807) is 11.3 Å². The molecule has 0 aliphatic carbocycles. The smallest absolute Gasteiger partial charge is 0.230 e. The summed E-state index contributed by atoms with van der Waals surface area (Å²) in [4.78, 5) is 13.4. The van der Waals surface area contributed by atoms with Gasteiger partial charge in [0.15, 0.2) is 0 Å². The third-order valence-corrected chi connectivity index (χ3v) is 4.41. The van der Waals surface area contributed by atoms with E-state index in [1.807, 2.05) is 31.4 Å². The average molecular weight is 254 g/mol. The molecule has 0 spiro atoms. The van der Waals surface area contributed by atoms with Gasteiger partial charge in [0.05, 0.1) is 24.7 Å². The van der Waals surface area contributed by atoms with Crippen molar-refractivity contribution < 1.29 is 9.53 Å². The van der Waals surface area contributed by atoms with Crippen molar-refractivity contribution in [1.29, 1.82) is 0 Å². The zero-order chi connectivity index (χ0) is 12.5. The lowest BCUT2D eigenvalue weighted by Gasteiger charge is -2.27. The average Bonchev–Trinajstić information content (AvgIpc) is 2.90. The molecule has 3 atom stereocenters. The lowest BCUT2D eigenvalue weighted by Crippen LogP contribution is -2.50. The summed E-state index contributed by atoms with van der Waals surface area (Å²) in [6.07, 6.45) is 0. The van der Waals surface area contributed by atoms with E-state index in [9.17, 15) is 4.79 Å². The lowest BCUT2D eigenvalue weighted by molar-refractivity contribution is -0.131. The maximum absolute atomic E-state index is 12.2.